The number of hydrogen-bond donors (Lipinski definition) is 2. The first-order valence-corrected chi connectivity index (χ1v) is 6.78. The average molecular weight is 334 g/mol. The van der Waals surface area contributed by atoms with Gasteiger partial charge in [-0.05, 0) is 35.0 Å². The normalized spacial score (nSPS) is 10.9. The Balaban J connectivity index is 2.05. The lowest BCUT2D eigenvalue weighted by Gasteiger charge is -2.07. The number of aromatic nitrogens is 4. The van der Waals surface area contributed by atoms with E-state index in [1.165, 1.54) is 4.57 Å². The second-order valence-corrected chi connectivity index (χ2v) is 5.46. The van der Waals surface area contributed by atoms with Gasteiger partial charge in [0.25, 0.3) is 5.56 Å². The largest absolute Gasteiger partial charge is 0.336 e. The van der Waals surface area contributed by atoms with Crippen LogP contribution in [-0.4, -0.2) is 19.7 Å². The molecule has 0 aliphatic heterocycles. The first-order chi connectivity index (χ1) is 9.54. The second-order valence-electron chi connectivity index (χ2n) is 4.55. The zero-order chi connectivity index (χ0) is 14.3. The van der Waals surface area contributed by atoms with Crippen LogP contribution in [0, 0.1) is 6.92 Å². The number of halogens is 1. The summed E-state index contributed by atoms with van der Waals surface area (Å²) in [6.07, 6.45) is 3.38. The van der Waals surface area contributed by atoms with Crippen molar-refractivity contribution in [2.24, 2.45) is 7.05 Å². The van der Waals surface area contributed by atoms with Gasteiger partial charge in [0.2, 0.25) is 0 Å². The molecule has 6 nitrogen and oxygen atoms in total. The Morgan fingerprint density at radius 3 is 3.00 bits per heavy atom. The lowest BCUT2D eigenvalue weighted by molar-refractivity contribution is 0.858. The molecule has 3 heterocycles. The Morgan fingerprint density at radius 1 is 1.40 bits per heavy atom. The van der Waals surface area contributed by atoms with Crippen LogP contribution in [0.15, 0.2) is 33.8 Å². The maximum Gasteiger partial charge on any atom is 0.274 e. The molecule has 0 fully saturated rings. The summed E-state index contributed by atoms with van der Waals surface area (Å²) in [5.41, 5.74) is 2.12. The highest BCUT2D eigenvalue weighted by Gasteiger charge is 2.07. The molecule has 0 atom stereocenters. The molecule has 0 saturated carbocycles. The average Bonchev–Trinajstić information content (AvgIpc) is 2.77. The molecular weight excluding hydrogens is 322 g/mol. The van der Waals surface area contributed by atoms with E-state index in [-0.39, 0.29) is 5.56 Å². The van der Waals surface area contributed by atoms with Crippen LogP contribution in [0.25, 0.3) is 10.9 Å². The monoisotopic (exact) mass is 333 g/mol. The van der Waals surface area contributed by atoms with Crippen LogP contribution in [0.3, 0.4) is 0 Å². The number of anilines is 2. The molecule has 0 radical (unpaired) electrons. The second kappa shape index (κ2) is 4.75. The highest BCUT2D eigenvalue weighted by Crippen LogP contribution is 2.20. The van der Waals surface area contributed by atoms with E-state index in [9.17, 15) is 4.79 Å². The van der Waals surface area contributed by atoms with Crippen molar-refractivity contribution in [3.8, 4) is 0 Å². The number of aryl methyl sites for hydroxylation is 2. The van der Waals surface area contributed by atoms with E-state index in [0.717, 1.165) is 21.1 Å². The minimum atomic E-state index is -0.112. The molecule has 2 N–H and O–H groups in total. The lowest BCUT2D eigenvalue weighted by Crippen LogP contribution is -2.19. The minimum absolute atomic E-state index is 0.112. The lowest BCUT2D eigenvalue weighted by atomic mass is 10.2. The van der Waals surface area contributed by atoms with Gasteiger partial charge in [0.15, 0.2) is 0 Å². The van der Waals surface area contributed by atoms with Gasteiger partial charge in [-0.1, -0.05) is 0 Å². The predicted octanol–water partition coefficient (Wildman–Crippen LogP) is 2.47. The number of aromatic amines is 1. The van der Waals surface area contributed by atoms with E-state index in [1.54, 1.807) is 25.5 Å². The number of nitrogens with zero attached hydrogens (tertiary/aromatic N) is 3. The van der Waals surface area contributed by atoms with Crippen LogP contribution in [0.5, 0.6) is 0 Å². The predicted molar refractivity (Wildman–Crippen MR) is 81.3 cm³/mol. The summed E-state index contributed by atoms with van der Waals surface area (Å²) in [6.45, 7) is 1.94. The number of fused-ring (bicyclic) bond motifs is 1. The van der Waals surface area contributed by atoms with Gasteiger partial charge in [-0.2, -0.15) is 5.10 Å². The number of H-pyrrole nitrogens is 1. The summed E-state index contributed by atoms with van der Waals surface area (Å²) in [5.74, 6) is 0.609. The number of rotatable bonds is 2. The SMILES string of the molecule is Cc1[nH]nc2cnc(Nc3cc(Br)cn(C)c3=O)cc12. The van der Waals surface area contributed by atoms with Crippen molar-refractivity contribution in [1.82, 2.24) is 19.7 Å². The molecule has 0 spiro atoms. The Morgan fingerprint density at radius 2 is 2.20 bits per heavy atom. The van der Waals surface area contributed by atoms with Gasteiger partial charge in [0.1, 0.15) is 17.0 Å². The van der Waals surface area contributed by atoms with Gasteiger partial charge >= 0.3 is 0 Å². The molecule has 20 heavy (non-hydrogen) atoms. The number of nitrogens with one attached hydrogen (secondary N) is 2. The fourth-order valence-electron chi connectivity index (χ4n) is 2.01. The maximum absolute atomic E-state index is 12.0. The molecule has 0 saturated heterocycles. The molecule has 3 rings (SSSR count). The Bertz CT molecular complexity index is 852. The van der Waals surface area contributed by atoms with Crippen LogP contribution in [-0.2, 0) is 7.05 Å². The van der Waals surface area contributed by atoms with Gasteiger partial charge in [-0.3, -0.25) is 9.89 Å². The van der Waals surface area contributed by atoms with E-state index in [2.05, 4.69) is 36.4 Å². The summed E-state index contributed by atoms with van der Waals surface area (Å²) in [5, 5.41) is 11.1. The topological polar surface area (TPSA) is 75.6 Å². The molecule has 0 bridgehead atoms. The molecule has 0 aliphatic rings. The van der Waals surface area contributed by atoms with Gasteiger partial charge in [0.05, 0.1) is 6.20 Å². The third-order valence-corrected chi connectivity index (χ3v) is 3.48. The van der Waals surface area contributed by atoms with Gasteiger partial charge in [0, 0.05) is 28.8 Å². The first kappa shape index (κ1) is 12.9. The van der Waals surface area contributed by atoms with Crippen LogP contribution < -0.4 is 10.9 Å². The van der Waals surface area contributed by atoms with Crippen molar-refractivity contribution < 1.29 is 0 Å². The molecule has 0 aliphatic carbocycles. The fourth-order valence-corrected chi connectivity index (χ4v) is 2.54. The third-order valence-electron chi connectivity index (χ3n) is 3.04. The standard InChI is InChI=1S/C13H12BrN5O/c1-7-9-4-12(15-5-11(9)18-17-7)16-10-3-8(14)6-19(2)13(10)20/h3-6H,1-2H3,(H,15,16)(H,17,18). The Labute approximate surface area is 123 Å². The smallest absolute Gasteiger partial charge is 0.274 e. The van der Waals surface area contributed by atoms with Crippen molar-refractivity contribution >= 4 is 38.3 Å². The summed E-state index contributed by atoms with van der Waals surface area (Å²) in [7, 11) is 1.70. The van der Waals surface area contributed by atoms with Crippen molar-refractivity contribution in [2.45, 2.75) is 6.92 Å². The molecular formula is C13H12BrN5O. The Hall–Kier alpha value is -2.15. The third kappa shape index (κ3) is 2.20. The van der Waals surface area contributed by atoms with E-state index in [4.69, 9.17) is 0 Å². The van der Waals surface area contributed by atoms with E-state index < -0.39 is 0 Å². The summed E-state index contributed by atoms with van der Waals surface area (Å²) in [6, 6.07) is 3.60. The highest BCUT2D eigenvalue weighted by molar-refractivity contribution is 9.10. The van der Waals surface area contributed by atoms with E-state index in [1.807, 2.05) is 13.0 Å². The highest BCUT2D eigenvalue weighted by atomic mass is 79.9. The molecule has 0 aromatic carbocycles. The summed E-state index contributed by atoms with van der Waals surface area (Å²) in [4.78, 5) is 16.3. The van der Waals surface area contributed by atoms with Gasteiger partial charge in [-0.15, -0.1) is 0 Å². The minimum Gasteiger partial charge on any atom is -0.336 e. The Kier molecular flexibility index (Phi) is 3.06. The van der Waals surface area contributed by atoms with Crippen molar-refractivity contribution in [3.63, 3.8) is 0 Å². The molecule has 0 amide bonds. The zero-order valence-electron chi connectivity index (χ0n) is 10.9. The van der Waals surface area contributed by atoms with Crippen molar-refractivity contribution in [1.29, 1.82) is 0 Å². The summed E-state index contributed by atoms with van der Waals surface area (Å²) < 4.78 is 2.33. The van der Waals surface area contributed by atoms with E-state index in [0.29, 0.717) is 11.5 Å². The van der Waals surface area contributed by atoms with E-state index >= 15 is 0 Å². The quantitative estimate of drug-likeness (QED) is 0.755. The van der Waals surface area contributed by atoms with Crippen LogP contribution in [0.4, 0.5) is 11.5 Å². The maximum atomic E-state index is 12.0. The molecule has 0 unspecified atom stereocenters. The first-order valence-electron chi connectivity index (χ1n) is 5.98. The molecule has 7 heteroatoms. The zero-order valence-corrected chi connectivity index (χ0v) is 12.5. The van der Waals surface area contributed by atoms with Crippen LogP contribution in [0.1, 0.15) is 5.69 Å². The summed E-state index contributed by atoms with van der Waals surface area (Å²) >= 11 is 3.37. The fraction of sp³-hybridized carbons (Fsp3) is 0.154. The number of pyridine rings is 2. The van der Waals surface area contributed by atoms with Gasteiger partial charge in [-0.25, -0.2) is 4.98 Å². The molecule has 3 aromatic rings. The van der Waals surface area contributed by atoms with Crippen molar-refractivity contribution in [3.05, 3.63) is 45.0 Å². The van der Waals surface area contributed by atoms with Crippen molar-refractivity contribution in [2.75, 3.05) is 5.32 Å². The van der Waals surface area contributed by atoms with Gasteiger partial charge < -0.3 is 9.88 Å². The number of hydrogen-bond acceptors (Lipinski definition) is 4. The van der Waals surface area contributed by atoms with Crippen LogP contribution in [0.2, 0.25) is 0 Å². The van der Waals surface area contributed by atoms with Crippen LogP contribution >= 0.6 is 15.9 Å². The molecule has 102 valence electrons. The molecule has 3 aromatic heterocycles.